The largest absolute Gasteiger partial charge is 0.455 e. The highest BCUT2D eigenvalue weighted by Gasteiger charge is 2.02. The molecule has 2 aromatic rings. The van der Waals surface area contributed by atoms with E-state index < -0.39 is 0 Å². The molecule has 2 aromatic carbocycles. The van der Waals surface area contributed by atoms with Crippen molar-refractivity contribution >= 4 is 11.4 Å². The van der Waals surface area contributed by atoms with Crippen LogP contribution in [0.4, 0.5) is 11.4 Å². The van der Waals surface area contributed by atoms with Gasteiger partial charge in [-0.05, 0) is 42.3 Å². The first-order valence-corrected chi connectivity index (χ1v) is 6.11. The molecule has 0 atom stereocenters. The van der Waals surface area contributed by atoms with Crippen LogP contribution < -0.4 is 16.2 Å². The van der Waals surface area contributed by atoms with Gasteiger partial charge in [-0.1, -0.05) is 25.5 Å². The minimum atomic E-state index is 0.549. The van der Waals surface area contributed by atoms with Gasteiger partial charge >= 0.3 is 0 Å². The second-order valence-corrected chi connectivity index (χ2v) is 4.29. The summed E-state index contributed by atoms with van der Waals surface area (Å²) in [5.74, 6) is 1.42. The predicted octanol–water partition coefficient (Wildman–Crippen LogP) is 3.60. The fraction of sp³-hybridized carbons (Fsp3) is 0.200. The van der Waals surface area contributed by atoms with Crippen molar-refractivity contribution in [1.29, 1.82) is 0 Å². The quantitative estimate of drug-likeness (QED) is 0.805. The number of benzene rings is 2. The van der Waals surface area contributed by atoms with Crippen LogP contribution in [-0.2, 0) is 6.42 Å². The lowest BCUT2D eigenvalue weighted by molar-refractivity contribution is 0.485. The number of nitrogen functional groups attached to an aromatic ring is 2. The summed E-state index contributed by atoms with van der Waals surface area (Å²) in [6, 6.07) is 13.3. The van der Waals surface area contributed by atoms with E-state index in [1.807, 2.05) is 12.1 Å². The number of anilines is 2. The first-order valence-electron chi connectivity index (χ1n) is 6.11. The molecule has 0 unspecified atom stereocenters. The summed E-state index contributed by atoms with van der Waals surface area (Å²) < 4.78 is 5.72. The number of aryl methyl sites for hydroxylation is 1. The fourth-order valence-electron chi connectivity index (χ4n) is 1.80. The Hall–Kier alpha value is -2.16. The molecule has 0 saturated heterocycles. The van der Waals surface area contributed by atoms with Gasteiger partial charge < -0.3 is 16.2 Å². The van der Waals surface area contributed by atoms with Crippen molar-refractivity contribution in [3.8, 4) is 11.5 Å². The average Bonchev–Trinajstić information content (AvgIpc) is 2.35. The molecule has 3 heteroatoms. The van der Waals surface area contributed by atoms with Crippen LogP contribution in [0.15, 0.2) is 42.5 Å². The lowest BCUT2D eigenvalue weighted by Gasteiger charge is -2.09. The van der Waals surface area contributed by atoms with Crippen LogP contribution >= 0.6 is 0 Å². The summed E-state index contributed by atoms with van der Waals surface area (Å²) in [6.45, 7) is 2.17. The average molecular weight is 242 g/mol. The van der Waals surface area contributed by atoms with Gasteiger partial charge in [0, 0.05) is 5.69 Å². The summed E-state index contributed by atoms with van der Waals surface area (Å²) in [4.78, 5) is 0. The SMILES string of the molecule is CCCc1ccc(Oc2ccc(N)cc2N)cc1. The summed E-state index contributed by atoms with van der Waals surface area (Å²) in [5, 5.41) is 0. The molecule has 0 aliphatic carbocycles. The second kappa shape index (κ2) is 5.45. The van der Waals surface area contributed by atoms with Crippen LogP contribution in [0.3, 0.4) is 0 Å². The van der Waals surface area contributed by atoms with Gasteiger partial charge in [0.25, 0.3) is 0 Å². The Morgan fingerprint density at radius 3 is 2.33 bits per heavy atom. The van der Waals surface area contributed by atoms with E-state index in [0.717, 1.165) is 18.6 Å². The molecule has 3 nitrogen and oxygen atoms in total. The molecule has 0 aliphatic heterocycles. The van der Waals surface area contributed by atoms with Crippen molar-refractivity contribution in [2.75, 3.05) is 11.5 Å². The van der Waals surface area contributed by atoms with E-state index in [-0.39, 0.29) is 0 Å². The van der Waals surface area contributed by atoms with Gasteiger partial charge in [-0.25, -0.2) is 0 Å². The van der Waals surface area contributed by atoms with Crippen LogP contribution in [0.5, 0.6) is 11.5 Å². The van der Waals surface area contributed by atoms with Crippen molar-refractivity contribution in [1.82, 2.24) is 0 Å². The third-order valence-electron chi connectivity index (χ3n) is 2.72. The number of ether oxygens (including phenoxy) is 1. The highest BCUT2D eigenvalue weighted by atomic mass is 16.5. The molecule has 0 saturated carbocycles. The van der Waals surface area contributed by atoms with Crippen molar-refractivity contribution in [2.24, 2.45) is 0 Å². The Morgan fingerprint density at radius 2 is 1.72 bits per heavy atom. The minimum absolute atomic E-state index is 0.549. The van der Waals surface area contributed by atoms with Gasteiger partial charge in [0.15, 0.2) is 0 Å². The zero-order chi connectivity index (χ0) is 13.0. The third kappa shape index (κ3) is 2.94. The Kier molecular flexibility index (Phi) is 3.72. The van der Waals surface area contributed by atoms with Crippen LogP contribution in [0.2, 0.25) is 0 Å². The third-order valence-corrected chi connectivity index (χ3v) is 2.72. The van der Waals surface area contributed by atoms with Gasteiger partial charge in [0.1, 0.15) is 11.5 Å². The predicted molar refractivity (Wildman–Crippen MR) is 75.8 cm³/mol. The monoisotopic (exact) mass is 242 g/mol. The molecule has 0 spiro atoms. The molecular weight excluding hydrogens is 224 g/mol. The molecule has 0 aliphatic rings. The summed E-state index contributed by atoms with van der Waals surface area (Å²) in [6.07, 6.45) is 2.23. The Labute approximate surface area is 107 Å². The van der Waals surface area contributed by atoms with E-state index in [1.165, 1.54) is 5.56 Å². The maximum atomic E-state index is 5.84. The van der Waals surface area contributed by atoms with Crippen LogP contribution in [0, 0.1) is 0 Å². The van der Waals surface area contributed by atoms with E-state index in [1.54, 1.807) is 18.2 Å². The number of rotatable bonds is 4. The minimum Gasteiger partial charge on any atom is -0.455 e. The molecule has 18 heavy (non-hydrogen) atoms. The van der Waals surface area contributed by atoms with Crippen LogP contribution in [0.1, 0.15) is 18.9 Å². The molecule has 0 fully saturated rings. The maximum Gasteiger partial charge on any atom is 0.150 e. The number of hydrogen-bond donors (Lipinski definition) is 2. The second-order valence-electron chi connectivity index (χ2n) is 4.29. The standard InChI is InChI=1S/C15H18N2O/c1-2-3-11-4-7-13(8-5-11)18-15-9-6-12(16)10-14(15)17/h4-10H,2-3,16-17H2,1H3. The normalized spacial score (nSPS) is 10.3. The molecule has 0 amide bonds. The van der Waals surface area contributed by atoms with E-state index in [9.17, 15) is 0 Å². The molecule has 2 rings (SSSR count). The molecule has 0 bridgehead atoms. The molecule has 94 valence electrons. The summed E-state index contributed by atoms with van der Waals surface area (Å²) in [5.41, 5.74) is 14.0. The summed E-state index contributed by atoms with van der Waals surface area (Å²) >= 11 is 0. The van der Waals surface area contributed by atoms with Crippen molar-refractivity contribution in [3.05, 3.63) is 48.0 Å². The maximum absolute atomic E-state index is 5.84. The van der Waals surface area contributed by atoms with Crippen molar-refractivity contribution < 1.29 is 4.74 Å². The van der Waals surface area contributed by atoms with E-state index >= 15 is 0 Å². The Balaban J connectivity index is 2.13. The van der Waals surface area contributed by atoms with Gasteiger partial charge in [0.2, 0.25) is 0 Å². The van der Waals surface area contributed by atoms with Crippen LogP contribution in [-0.4, -0.2) is 0 Å². The fourth-order valence-corrected chi connectivity index (χ4v) is 1.80. The van der Waals surface area contributed by atoms with Crippen molar-refractivity contribution in [3.63, 3.8) is 0 Å². The van der Waals surface area contributed by atoms with Gasteiger partial charge in [-0.2, -0.15) is 0 Å². The lowest BCUT2D eigenvalue weighted by atomic mass is 10.1. The van der Waals surface area contributed by atoms with Gasteiger partial charge in [-0.15, -0.1) is 0 Å². The number of nitrogens with two attached hydrogens (primary N) is 2. The highest BCUT2D eigenvalue weighted by molar-refractivity contribution is 5.61. The number of hydrogen-bond acceptors (Lipinski definition) is 3. The molecular formula is C15H18N2O. The zero-order valence-corrected chi connectivity index (χ0v) is 10.5. The zero-order valence-electron chi connectivity index (χ0n) is 10.5. The lowest BCUT2D eigenvalue weighted by Crippen LogP contribution is -1.94. The van der Waals surface area contributed by atoms with E-state index in [0.29, 0.717) is 17.1 Å². The summed E-state index contributed by atoms with van der Waals surface area (Å²) in [7, 11) is 0. The molecule has 0 radical (unpaired) electrons. The van der Waals surface area contributed by atoms with Crippen LogP contribution in [0.25, 0.3) is 0 Å². The first kappa shape index (κ1) is 12.3. The first-order chi connectivity index (χ1) is 8.69. The Morgan fingerprint density at radius 1 is 1.00 bits per heavy atom. The van der Waals surface area contributed by atoms with E-state index in [4.69, 9.17) is 16.2 Å². The smallest absolute Gasteiger partial charge is 0.150 e. The van der Waals surface area contributed by atoms with Crippen molar-refractivity contribution in [2.45, 2.75) is 19.8 Å². The van der Waals surface area contributed by atoms with Gasteiger partial charge in [0.05, 0.1) is 5.69 Å². The molecule has 4 N–H and O–H groups in total. The van der Waals surface area contributed by atoms with E-state index in [2.05, 4.69) is 19.1 Å². The topological polar surface area (TPSA) is 61.3 Å². The highest BCUT2D eigenvalue weighted by Crippen LogP contribution is 2.29. The Bertz CT molecular complexity index is 521. The van der Waals surface area contributed by atoms with Gasteiger partial charge in [-0.3, -0.25) is 0 Å². The molecule has 0 heterocycles. The molecule has 0 aromatic heterocycles.